The van der Waals surface area contributed by atoms with Crippen LogP contribution in [0, 0.1) is 10.1 Å². The Morgan fingerprint density at radius 2 is 1.85 bits per heavy atom. The van der Waals surface area contributed by atoms with Crippen LogP contribution < -0.4 is 14.2 Å². The summed E-state index contributed by atoms with van der Waals surface area (Å²) in [4.78, 5) is 14.2. The molecule has 2 aromatic heterocycles. The number of rotatable bonds is 7. The molecule has 0 aliphatic carbocycles. The number of hydrogen-bond donors (Lipinski definition) is 0. The standard InChI is InChI=1S/C22H20N6O5/c1-22(13-26-12-20(28(29)30)23-21(26)33-22)14-32-18-9-5-16(6-10-18)27-11-19(24-25-27)15-3-7-17(31-2)8-4-15/h3-12H,13-14H2,1-2H3/t22-/m1/s1. The zero-order valence-corrected chi connectivity index (χ0v) is 17.9. The van der Waals surface area contributed by atoms with Crippen LogP contribution in [0.5, 0.6) is 17.5 Å². The highest BCUT2D eigenvalue weighted by atomic mass is 16.6. The molecule has 1 aliphatic rings. The number of fused-ring (bicyclic) bond motifs is 1. The summed E-state index contributed by atoms with van der Waals surface area (Å²) in [7, 11) is 1.63. The molecule has 1 atom stereocenters. The first-order chi connectivity index (χ1) is 15.9. The van der Waals surface area contributed by atoms with E-state index in [9.17, 15) is 10.1 Å². The summed E-state index contributed by atoms with van der Waals surface area (Å²) in [5.41, 5.74) is 1.86. The van der Waals surface area contributed by atoms with Gasteiger partial charge in [0.05, 0.1) is 25.5 Å². The highest BCUT2D eigenvalue weighted by Crippen LogP contribution is 2.31. The molecular formula is C22H20N6O5. The fourth-order valence-electron chi connectivity index (χ4n) is 3.57. The molecule has 0 fully saturated rings. The molecule has 0 bridgehead atoms. The molecule has 4 aromatic rings. The van der Waals surface area contributed by atoms with Gasteiger partial charge in [-0.1, -0.05) is 5.21 Å². The number of nitrogens with zero attached hydrogens (tertiary/aromatic N) is 6. The molecule has 0 spiro atoms. The third-order valence-corrected chi connectivity index (χ3v) is 5.28. The van der Waals surface area contributed by atoms with Gasteiger partial charge in [-0.25, -0.2) is 4.68 Å². The second kappa shape index (κ2) is 7.93. The largest absolute Gasteiger partial charge is 0.497 e. The molecule has 168 valence electrons. The molecule has 1 aliphatic heterocycles. The summed E-state index contributed by atoms with van der Waals surface area (Å²) in [6, 6.07) is 15.3. The zero-order valence-electron chi connectivity index (χ0n) is 17.9. The maximum absolute atomic E-state index is 10.8. The van der Waals surface area contributed by atoms with Crippen LogP contribution in [0.4, 0.5) is 5.82 Å². The fraction of sp³-hybridized carbons (Fsp3) is 0.227. The van der Waals surface area contributed by atoms with Crippen molar-refractivity contribution in [3.05, 3.63) is 71.0 Å². The number of nitro groups is 1. The first kappa shape index (κ1) is 20.5. The van der Waals surface area contributed by atoms with Gasteiger partial charge in [-0.3, -0.25) is 4.57 Å². The lowest BCUT2D eigenvalue weighted by atomic mass is 10.1. The molecule has 33 heavy (non-hydrogen) atoms. The summed E-state index contributed by atoms with van der Waals surface area (Å²) in [5, 5.41) is 19.3. The van der Waals surface area contributed by atoms with Crippen molar-refractivity contribution in [3.8, 4) is 34.5 Å². The van der Waals surface area contributed by atoms with E-state index < -0.39 is 10.5 Å². The van der Waals surface area contributed by atoms with Crippen LogP contribution >= 0.6 is 0 Å². The second-order valence-electron chi connectivity index (χ2n) is 7.88. The van der Waals surface area contributed by atoms with Gasteiger partial charge in [-0.2, -0.15) is 0 Å². The van der Waals surface area contributed by atoms with E-state index in [0.29, 0.717) is 12.3 Å². The predicted molar refractivity (Wildman–Crippen MR) is 117 cm³/mol. The van der Waals surface area contributed by atoms with Gasteiger partial charge in [-0.05, 0) is 60.4 Å². The quantitative estimate of drug-likeness (QED) is 0.312. The van der Waals surface area contributed by atoms with Crippen LogP contribution in [-0.2, 0) is 6.54 Å². The molecule has 0 unspecified atom stereocenters. The third kappa shape index (κ3) is 4.07. The Balaban J connectivity index is 1.22. The lowest BCUT2D eigenvalue weighted by Gasteiger charge is -2.22. The van der Waals surface area contributed by atoms with Gasteiger partial charge >= 0.3 is 11.8 Å². The Labute approximate surface area is 188 Å². The second-order valence-corrected chi connectivity index (χ2v) is 7.88. The van der Waals surface area contributed by atoms with Gasteiger partial charge in [0, 0.05) is 10.5 Å². The third-order valence-electron chi connectivity index (χ3n) is 5.28. The molecule has 0 radical (unpaired) electrons. The Hall–Kier alpha value is -4.41. The summed E-state index contributed by atoms with van der Waals surface area (Å²) < 4.78 is 20.2. The number of benzene rings is 2. The van der Waals surface area contributed by atoms with Gasteiger partial charge in [-0.15, -0.1) is 5.10 Å². The van der Waals surface area contributed by atoms with Gasteiger partial charge in [0.1, 0.15) is 30.0 Å². The number of imidazole rings is 1. The van der Waals surface area contributed by atoms with E-state index in [2.05, 4.69) is 15.3 Å². The molecular weight excluding hydrogens is 428 g/mol. The first-order valence-corrected chi connectivity index (χ1v) is 10.1. The number of aromatic nitrogens is 5. The highest BCUT2D eigenvalue weighted by molar-refractivity contribution is 5.59. The normalized spacial score (nSPS) is 16.8. The Morgan fingerprint density at radius 3 is 2.52 bits per heavy atom. The molecule has 5 rings (SSSR count). The predicted octanol–water partition coefficient (Wildman–Crippen LogP) is 3.28. The maximum atomic E-state index is 10.8. The highest BCUT2D eigenvalue weighted by Gasteiger charge is 2.41. The van der Waals surface area contributed by atoms with E-state index in [0.717, 1.165) is 22.7 Å². The van der Waals surface area contributed by atoms with Crippen molar-refractivity contribution in [3.63, 3.8) is 0 Å². The van der Waals surface area contributed by atoms with E-state index in [1.54, 1.807) is 16.4 Å². The minimum Gasteiger partial charge on any atom is -0.497 e. The Kier molecular flexibility index (Phi) is 4.93. The van der Waals surface area contributed by atoms with Gasteiger partial charge in [0.25, 0.3) is 0 Å². The summed E-state index contributed by atoms with van der Waals surface area (Å²) >= 11 is 0. The first-order valence-electron chi connectivity index (χ1n) is 10.1. The molecule has 0 N–H and O–H groups in total. The van der Waals surface area contributed by atoms with E-state index in [4.69, 9.17) is 14.2 Å². The van der Waals surface area contributed by atoms with Gasteiger partial charge < -0.3 is 24.3 Å². The molecule has 11 heteroatoms. The average molecular weight is 448 g/mol. The van der Waals surface area contributed by atoms with Crippen LogP contribution in [0.2, 0.25) is 0 Å². The van der Waals surface area contributed by atoms with Crippen LogP contribution in [0.1, 0.15) is 6.92 Å². The van der Waals surface area contributed by atoms with Crippen LogP contribution in [0.3, 0.4) is 0 Å². The molecule has 0 saturated carbocycles. The van der Waals surface area contributed by atoms with Crippen molar-refractivity contribution >= 4 is 5.82 Å². The number of ether oxygens (including phenoxy) is 3. The lowest BCUT2D eigenvalue weighted by molar-refractivity contribution is -0.389. The van der Waals surface area contributed by atoms with Gasteiger partial charge in [0.15, 0.2) is 5.60 Å². The van der Waals surface area contributed by atoms with E-state index in [1.807, 2.05) is 61.7 Å². The van der Waals surface area contributed by atoms with E-state index in [1.165, 1.54) is 6.20 Å². The van der Waals surface area contributed by atoms with Crippen molar-refractivity contribution in [1.29, 1.82) is 0 Å². The lowest BCUT2D eigenvalue weighted by Crippen LogP contribution is -2.38. The molecule has 0 amide bonds. The zero-order chi connectivity index (χ0) is 23.0. The fourth-order valence-corrected chi connectivity index (χ4v) is 3.57. The van der Waals surface area contributed by atoms with Gasteiger partial charge in [0.2, 0.25) is 0 Å². The summed E-state index contributed by atoms with van der Waals surface area (Å²) in [6.45, 7) is 2.54. The molecule has 11 nitrogen and oxygen atoms in total. The van der Waals surface area contributed by atoms with E-state index >= 15 is 0 Å². The average Bonchev–Trinajstić information content (AvgIpc) is 3.52. The number of hydrogen-bond acceptors (Lipinski definition) is 8. The minimum atomic E-state index is -0.671. The van der Waals surface area contributed by atoms with Crippen molar-refractivity contribution in [2.24, 2.45) is 0 Å². The van der Waals surface area contributed by atoms with Crippen LogP contribution in [-0.4, -0.2) is 48.8 Å². The topological polar surface area (TPSA) is 119 Å². The molecule has 3 heterocycles. The minimum absolute atomic E-state index is 0.224. The van der Waals surface area contributed by atoms with Crippen molar-refractivity contribution in [2.75, 3.05) is 13.7 Å². The van der Waals surface area contributed by atoms with Crippen molar-refractivity contribution in [1.82, 2.24) is 24.5 Å². The number of methoxy groups -OCH3 is 1. The molecule has 2 aromatic carbocycles. The Morgan fingerprint density at radius 1 is 1.12 bits per heavy atom. The summed E-state index contributed by atoms with van der Waals surface area (Å²) in [5.74, 6) is 1.21. The van der Waals surface area contributed by atoms with E-state index in [-0.39, 0.29) is 18.4 Å². The SMILES string of the molecule is COc1ccc(-c2cn(-c3ccc(OC[C@@]4(C)Cn5cc([N+](=O)[O-])nc5O4)cc3)nn2)cc1. The van der Waals surface area contributed by atoms with Crippen molar-refractivity contribution in [2.45, 2.75) is 19.1 Å². The Bertz CT molecular complexity index is 1270. The van der Waals surface area contributed by atoms with Crippen LogP contribution in [0.15, 0.2) is 60.9 Å². The maximum Gasteiger partial charge on any atom is 0.415 e. The monoisotopic (exact) mass is 448 g/mol. The summed E-state index contributed by atoms with van der Waals surface area (Å²) in [6.07, 6.45) is 3.22. The smallest absolute Gasteiger partial charge is 0.415 e. The van der Waals surface area contributed by atoms with Crippen LogP contribution in [0.25, 0.3) is 16.9 Å². The molecule has 0 saturated heterocycles. The van der Waals surface area contributed by atoms with Crippen molar-refractivity contribution < 1.29 is 19.1 Å².